The van der Waals surface area contributed by atoms with Gasteiger partial charge in [0.05, 0.1) is 33.3 Å². The Hall–Kier alpha value is -1.51. The lowest BCUT2D eigenvalue weighted by Gasteiger charge is -2.33. The van der Waals surface area contributed by atoms with Crippen LogP contribution in [-0.2, 0) is 14.6 Å². The molecule has 2 aromatic rings. The van der Waals surface area contributed by atoms with Crippen molar-refractivity contribution < 1.29 is 13.2 Å². The third-order valence-electron chi connectivity index (χ3n) is 5.72. The number of rotatable bonds is 4. The van der Waals surface area contributed by atoms with Gasteiger partial charge in [-0.25, -0.2) is 13.4 Å². The Labute approximate surface area is 164 Å². The highest BCUT2D eigenvalue weighted by atomic mass is 32.2. The van der Waals surface area contributed by atoms with E-state index in [9.17, 15) is 13.2 Å². The van der Waals surface area contributed by atoms with E-state index < -0.39 is 9.84 Å². The molecule has 0 aliphatic carbocycles. The first-order valence-corrected chi connectivity index (χ1v) is 12.1. The minimum absolute atomic E-state index is 0.0285. The Morgan fingerprint density at radius 3 is 2.67 bits per heavy atom. The number of thiazole rings is 1. The van der Waals surface area contributed by atoms with Crippen LogP contribution in [-0.4, -0.2) is 73.3 Å². The number of carbonyl (C=O) groups is 1. The number of benzene rings is 1. The summed E-state index contributed by atoms with van der Waals surface area (Å²) in [5.74, 6) is 0.939. The van der Waals surface area contributed by atoms with E-state index in [1.807, 2.05) is 35.0 Å². The number of aromatic nitrogens is 1. The third kappa shape index (κ3) is 4.17. The maximum Gasteiger partial charge on any atom is 0.236 e. The summed E-state index contributed by atoms with van der Waals surface area (Å²) in [5, 5.41) is 1.18. The van der Waals surface area contributed by atoms with E-state index in [1.165, 1.54) is 9.71 Å². The largest absolute Gasteiger partial charge is 0.342 e. The van der Waals surface area contributed by atoms with Crippen molar-refractivity contribution in [3.05, 3.63) is 29.3 Å². The zero-order chi connectivity index (χ0) is 19.0. The minimum Gasteiger partial charge on any atom is -0.342 e. The number of hydrogen-bond donors (Lipinski definition) is 0. The molecule has 0 N–H and O–H groups in total. The van der Waals surface area contributed by atoms with Gasteiger partial charge in [0.15, 0.2) is 9.84 Å². The van der Waals surface area contributed by atoms with Crippen LogP contribution in [0.25, 0.3) is 10.2 Å². The van der Waals surface area contributed by atoms with Crippen molar-refractivity contribution in [3.63, 3.8) is 0 Å². The fourth-order valence-electron chi connectivity index (χ4n) is 4.01. The van der Waals surface area contributed by atoms with Gasteiger partial charge < -0.3 is 4.90 Å². The lowest BCUT2D eigenvalue weighted by Crippen LogP contribution is -2.45. The molecule has 0 saturated carbocycles. The summed E-state index contributed by atoms with van der Waals surface area (Å²) < 4.78 is 24.5. The second-order valence-electron chi connectivity index (χ2n) is 7.65. The molecular weight excluding hydrogens is 382 g/mol. The molecule has 2 saturated heterocycles. The highest BCUT2D eigenvalue weighted by Gasteiger charge is 2.32. The topological polar surface area (TPSA) is 70.6 Å². The molecule has 0 bridgehead atoms. The second-order valence-corrected chi connectivity index (χ2v) is 10.9. The number of carbonyl (C=O) groups excluding carboxylic acids is 1. The average Bonchev–Trinajstić information content (AvgIpc) is 3.24. The number of likely N-dealkylation sites (N-methyl/N-ethyl adjacent to an activating group) is 1. The molecule has 2 fully saturated rings. The zero-order valence-corrected chi connectivity index (χ0v) is 17.1. The Kier molecular flexibility index (Phi) is 5.22. The van der Waals surface area contributed by atoms with Crippen molar-refractivity contribution in [2.45, 2.75) is 31.2 Å². The van der Waals surface area contributed by atoms with Crippen LogP contribution >= 0.6 is 11.3 Å². The van der Waals surface area contributed by atoms with E-state index in [1.54, 1.807) is 11.3 Å². The predicted octanol–water partition coefficient (Wildman–Crippen LogP) is 2.12. The second kappa shape index (κ2) is 7.48. The van der Waals surface area contributed by atoms with Crippen molar-refractivity contribution >= 4 is 37.3 Å². The highest BCUT2D eigenvalue weighted by Crippen LogP contribution is 2.33. The van der Waals surface area contributed by atoms with Crippen molar-refractivity contribution in [1.82, 2.24) is 14.8 Å². The summed E-state index contributed by atoms with van der Waals surface area (Å²) >= 11 is 1.76. The van der Waals surface area contributed by atoms with Gasteiger partial charge in [-0.2, -0.15) is 0 Å². The van der Waals surface area contributed by atoms with Crippen LogP contribution in [0.3, 0.4) is 0 Å². The molecule has 6 nitrogen and oxygen atoms in total. The van der Waals surface area contributed by atoms with Gasteiger partial charge in [0.25, 0.3) is 0 Å². The van der Waals surface area contributed by atoms with Crippen LogP contribution in [0.4, 0.5) is 0 Å². The number of fused-ring (bicyclic) bond motifs is 1. The summed E-state index contributed by atoms with van der Waals surface area (Å²) in [6, 6.07) is 8.18. The summed E-state index contributed by atoms with van der Waals surface area (Å²) in [5.41, 5.74) is 1.06. The Bertz CT molecular complexity index is 900. The number of nitrogens with zero attached hydrogens (tertiary/aromatic N) is 3. The average molecular weight is 408 g/mol. The predicted molar refractivity (Wildman–Crippen MR) is 108 cm³/mol. The summed E-state index contributed by atoms with van der Waals surface area (Å²) in [7, 11) is -1.06. The van der Waals surface area contributed by atoms with E-state index in [-0.39, 0.29) is 23.5 Å². The summed E-state index contributed by atoms with van der Waals surface area (Å²) in [6.07, 6.45) is 2.51. The Morgan fingerprint density at radius 2 is 2.00 bits per heavy atom. The van der Waals surface area contributed by atoms with Crippen LogP contribution < -0.4 is 0 Å². The SMILES string of the molecule is CN(CC(=O)N1CCC(c2nc3ccccc3s2)CC1)C1CCS(=O)(=O)C1. The first kappa shape index (κ1) is 18.8. The number of hydrogen-bond acceptors (Lipinski definition) is 6. The molecule has 0 spiro atoms. The lowest BCUT2D eigenvalue weighted by atomic mass is 9.97. The van der Waals surface area contributed by atoms with Gasteiger partial charge in [-0.05, 0) is 38.4 Å². The number of sulfone groups is 1. The molecule has 1 aromatic carbocycles. The van der Waals surface area contributed by atoms with Gasteiger partial charge in [0, 0.05) is 25.0 Å². The summed E-state index contributed by atoms with van der Waals surface area (Å²) in [4.78, 5) is 21.2. The fraction of sp³-hybridized carbons (Fsp3) is 0.579. The third-order valence-corrected chi connectivity index (χ3v) is 8.67. The van der Waals surface area contributed by atoms with Crippen LogP contribution in [0.2, 0.25) is 0 Å². The van der Waals surface area contributed by atoms with E-state index >= 15 is 0 Å². The highest BCUT2D eigenvalue weighted by molar-refractivity contribution is 7.91. The van der Waals surface area contributed by atoms with Gasteiger partial charge in [-0.1, -0.05) is 12.1 Å². The van der Waals surface area contributed by atoms with E-state index in [0.29, 0.717) is 18.9 Å². The first-order chi connectivity index (χ1) is 12.9. The zero-order valence-electron chi connectivity index (χ0n) is 15.5. The van der Waals surface area contributed by atoms with Crippen LogP contribution in [0.15, 0.2) is 24.3 Å². The molecule has 4 rings (SSSR count). The number of para-hydroxylation sites is 1. The molecule has 0 radical (unpaired) electrons. The maximum absolute atomic E-state index is 12.6. The normalized spacial score (nSPS) is 23.3. The molecule has 8 heteroatoms. The molecular formula is C19H25N3O3S2. The van der Waals surface area contributed by atoms with Crippen molar-refractivity contribution in [3.8, 4) is 0 Å². The number of likely N-dealkylation sites (tertiary alicyclic amines) is 1. The number of piperidine rings is 1. The monoisotopic (exact) mass is 407 g/mol. The van der Waals surface area contributed by atoms with Crippen molar-refractivity contribution in [2.24, 2.45) is 0 Å². The summed E-state index contributed by atoms with van der Waals surface area (Å²) in [6.45, 7) is 1.79. The van der Waals surface area contributed by atoms with Gasteiger partial charge in [-0.15, -0.1) is 11.3 Å². The Morgan fingerprint density at radius 1 is 1.26 bits per heavy atom. The molecule has 2 aliphatic heterocycles. The van der Waals surface area contributed by atoms with Gasteiger partial charge in [0.1, 0.15) is 0 Å². The standard InChI is InChI=1S/C19H25N3O3S2/c1-21(15-8-11-27(24,25)13-15)12-18(23)22-9-6-14(7-10-22)19-20-16-4-2-3-5-17(16)26-19/h2-5,14-15H,6-13H2,1H3. The van der Waals surface area contributed by atoms with Gasteiger partial charge in [0.2, 0.25) is 5.91 Å². The molecule has 1 amide bonds. The van der Waals surface area contributed by atoms with Crippen LogP contribution in [0.1, 0.15) is 30.2 Å². The molecule has 3 heterocycles. The molecule has 146 valence electrons. The Balaban J connectivity index is 1.31. The molecule has 27 heavy (non-hydrogen) atoms. The minimum atomic E-state index is -2.92. The van der Waals surface area contributed by atoms with Gasteiger partial charge in [-0.3, -0.25) is 9.69 Å². The molecule has 1 atom stereocenters. The first-order valence-electron chi connectivity index (χ1n) is 9.45. The fourth-order valence-corrected chi connectivity index (χ4v) is 6.95. The van der Waals surface area contributed by atoms with Gasteiger partial charge >= 0.3 is 0 Å². The van der Waals surface area contributed by atoms with E-state index in [2.05, 4.69) is 6.07 Å². The van der Waals surface area contributed by atoms with E-state index in [0.717, 1.165) is 31.4 Å². The molecule has 1 unspecified atom stereocenters. The van der Waals surface area contributed by atoms with Crippen molar-refractivity contribution in [2.75, 3.05) is 38.2 Å². The lowest BCUT2D eigenvalue weighted by molar-refractivity contribution is -0.133. The maximum atomic E-state index is 12.6. The van der Waals surface area contributed by atoms with Crippen LogP contribution in [0, 0.1) is 0 Å². The molecule has 1 aromatic heterocycles. The molecule has 2 aliphatic rings. The van der Waals surface area contributed by atoms with E-state index in [4.69, 9.17) is 4.98 Å². The quantitative estimate of drug-likeness (QED) is 0.776. The van der Waals surface area contributed by atoms with Crippen LogP contribution in [0.5, 0.6) is 0 Å². The van der Waals surface area contributed by atoms with Crippen molar-refractivity contribution in [1.29, 1.82) is 0 Å². The smallest absolute Gasteiger partial charge is 0.236 e. The number of amides is 1.